The Morgan fingerprint density at radius 2 is 2.17 bits per heavy atom. The third-order valence-electron chi connectivity index (χ3n) is 3.21. The Labute approximate surface area is 110 Å². The van der Waals surface area contributed by atoms with Crippen molar-refractivity contribution in [1.82, 2.24) is 4.98 Å². The molecule has 1 saturated carbocycles. The van der Waals surface area contributed by atoms with E-state index < -0.39 is 5.97 Å². The van der Waals surface area contributed by atoms with Crippen LogP contribution in [0.2, 0.25) is 0 Å². The molecule has 2 unspecified atom stereocenters. The van der Waals surface area contributed by atoms with Crippen molar-refractivity contribution in [3.8, 4) is 0 Å². The summed E-state index contributed by atoms with van der Waals surface area (Å²) in [5.41, 5.74) is 1.81. The molecule has 5 heteroatoms. The van der Waals surface area contributed by atoms with Crippen LogP contribution < -0.4 is 0 Å². The largest absolute Gasteiger partial charge is 0.478 e. The highest BCUT2D eigenvalue weighted by Crippen LogP contribution is 2.36. The standard InChI is InChI=1S/C13H17NO3S/c1-7-6-8(2)14-12(11(7)13(16)17)18-10-5-3-4-9(10)15/h6,9-10,15H,3-5H2,1-2H3,(H,16,17). The number of hydrogen-bond acceptors (Lipinski definition) is 4. The predicted molar refractivity (Wildman–Crippen MR) is 70.2 cm³/mol. The zero-order valence-electron chi connectivity index (χ0n) is 10.5. The molecule has 2 N–H and O–H groups in total. The lowest BCUT2D eigenvalue weighted by Crippen LogP contribution is -2.16. The van der Waals surface area contributed by atoms with Crippen LogP contribution in [-0.2, 0) is 0 Å². The minimum atomic E-state index is -0.949. The van der Waals surface area contributed by atoms with Crippen LogP contribution in [0.15, 0.2) is 11.1 Å². The summed E-state index contributed by atoms with van der Waals surface area (Å²) in [6.45, 7) is 3.64. The van der Waals surface area contributed by atoms with Crippen LogP contribution in [0.25, 0.3) is 0 Å². The summed E-state index contributed by atoms with van der Waals surface area (Å²) in [6.07, 6.45) is 2.36. The van der Waals surface area contributed by atoms with Crippen LogP contribution in [0.1, 0.15) is 40.9 Å². The molecule has 1 aliphatic carbocycles. The second-order valence-electron chi connectivity index (χ2n) is 4.72. The molecule has 1 heterocycles. The maximum Gasteiger partial charge on any atom is 0.338 e. The van der Waals surface area contributed by atoms with E-state index in [9.17, 15) is 15.0 Å². The van der Waals surface area contributed by atoms with Crippen molar-refractivity contribution in [1.29, 1.82) is 0 Å². The number of aliphatic hydroxyl groups excluding tert-OH is 1. The lowest BCUT2D eigenvalue weighted by atomic mass is 10.1. The number of carbonyl (C=O) groups is 1. The zero-order valence-corrected chi connectivity index (χ0v) is 11.3. The summed E-state index contributed by atoms with van der Waals surface area (Å²) in [5.74, 6) is -0.949. The van der Waals surface area contributed by atoms with E-state index in [1.165, 1.54) is 11.8 Å². The molecule has 1 fully saturated rings. The van der Waals surface area contributed by atoms with Crippen molar-refractivity contribution in [3.63, 3.8) is 0 Å². The number of aliphatic hydroxyl groups is 1. The lowest BCUT2D eigenvalue weighted by molar-refractivity contribution is 0.0691. The predicted octanol–water partition coefficient (Wildman–Crippen LogP) is 2.40. The van der Waals surface area contributed by atoms with Crippen molar-refractivity contribution in [2.45, 2.75) is 49.5 Å². The molecule has 2 atom stereocenters. The molecular formula is C13H17NO3S. The van der Waals surface area contributed by atoms with E-state index in [2.05, 4.69) is 4.98 Å². The number of aromatic nitrogens is 1. The van der Waals surface area contributed by atoms with E-state index >= 15 is 0 Å². The first-order valence-corrected chi connectivity index (χ1v) is 6.93. The molecule has 1 aromatic heterocycles. The minimum Gasteiger partial charge on any atom is -0.478 e. The van der Waals surface area contributed by atoms with E-state index in [0.717, 1.165) is 30.5 Å². The Morgan fingerprint density at radius 1 is 1.44 bits per heavy atom. The fourth-order valence-electron chi connectivity index (χ4n) is 2.34. The zero-order chi connectivity index (χ0) is 13.3. The van der Waals surface area contributed by atoms with Gasteiger partial charge in [0.25, 0.3) is 0 Å². The van der Waals surface area contributed by atoms with Crippen LogP contribution in [0.4, 0.5) is 0 Å². The van der Waals surface area contributed by atoms with E-state index in [1.807, 2.05) is 6.92 Å². The maximum atomic E-state index is 11.3. The Bertz CT molecular complexity index is 476. The van der Waals surface area contributed by atoms with Gasteiger partial charge in [0.15, 0.2) is 0 Å². The van der Waals surface area contributed by atoms with Crippen molar-refractivity contribution < 1.29 is 15.0 Å². The molecule has 0 spiro atoms. The molecule has 0 bridgehead atoms. The number of carboxylic acids is 1. The first kappa shape index (κ1) is 13.4. The Kier molecular flexibility index (Phi) is 3.92. The lowest BCUT2D eigenvalue weighted by Gasteiger charge is -2.16. The van der Waals surface area contributed by atoms with Gasteiger partial charge in [-0.1, -0.05) is 11.8 Å². The van der Waals surface area contributed by atoms with E-state index in [-0.39, 0.29) is 16.9 Å². The van der Waals surface area contributed by atoms with Gasteiger partial charge in [0.1, 0.15) is 5.03 Å². The van der Waals surface area contributed by atoms with Gasteiger partial charge in [0.2, 0.25) is 0 Å². The average Bonchev–Trinajstić information content (AvgIpc) is 2.62. The Balaban J connectivity index is 2.33. The molecule has 18 heavy (non-hydrogen) atoms. The second kappa shape index (κ2) is 5.28. The number of rotatable bonds is 3. The van der Waals surface area contributed by atoms with Crippen LogP contribution in [-0.4, -0.2) is 32.5 Å². The third-order valence-corrected chi connectivity index (χ3v) is 4.58. The van der Waals surface area contributed by atoms with Crippen LogP contribution in [0.3, 0.4) is 0 Å². The van der Waals surface area contributed by atoms with Gasteiger partial charge >= 0.3 is 5.97 Å². The molecule has 0 amide bonds. The van der Waals surface area contributed by atoms with E-state index in [4.69, 9.17) is 0 Å². The summed E-state index contributed by atoms with van der Waals surface area (Å²) in [7, 11) is 0. The normalized spacial score (nSPS) is 23.3. The van der Waals surface area contributed by atoms with Crippen molar-refractivity contribution >= 4 is 17.7 Å². The fraction of sp³-hybridized carbons (Fsp3) is 0.538. The maximum absolute atomic E-state index is 11.3. The number of nitrogens with zero attached hydrogens (tertiary/aromatic N) is 1. The van der Waals surface area contributed by atoms with Gasteiger partial charge in [-0.2, -0.15) is 0 Å². The SMILES string of the molecule is Cc1cc(C)c(C(=O)O)c(SC2CCCC2O)n1. The highest BCUT2D eigenvalue weighted by molar-refractivity contribution is 8.00. The topological polar surface area (TPSA) is 70.4 Å². The average molecular weight is 267 g/mol. The minimum absolute atomic E-state index is 0.0665. The Morgan fingerprint density at radius 3 is 2.72 bits per heavy atom. The summed E-state index contributed by atoms with van der Waals surface area (Å²) in [5, 5.41) is 19.7. The number of aromatic carboxylic acids is 1. The molecular weight excluding hydrogens is 250 g/mol. The number of aryl methyl sites for hydroxylation is 2. The Hall–Kier alpha value is -1.07. The van der Waals surface area contributed by atoms with Crippen molar-refractivity contribution in [2.75, 3.05) is 0 Å². The van der Waals surface area contributed by atoms with Crippen LogP contribution in [0.5, 0.6) is 0 Å². The first-order chi connectivity index (χ1) is 8.49. The number of thioether (sulfide) groups is 1. The number of carboxylic acid groups (broad SMARTS) is 1. The van der Waals surface area contributed by atoms with Crippen molar-refractivity contribution in [3.05, 3.63) is 22.9 Å². The smallest absolute Gasteiger partial charge is 0.338 e. The number of pyridine rings is 1. The summed E-state index contributed by atoms with van der Waals surface area (Å²) < 4.78 is 0. The van der Waals surface area contributed by atoms with Gasteiger partial charge in [-0.15, -0.1) is 0 Å². The monoisotopic (exact) mass is 267 g/mol. The highest BCUT2D eigenvalue weighted by Gasteiger charge is 2.28. The van der Waals surface area contributed by atoms with Gasteiger partial charge in [0, 0.05) is 10.9 Å². The summed E-state index contributed by atoms with van der Waals surface area (Å²) >= 11 is 1.40. The van der Waals surface area contributed by atoms with Gasteiger partial charge in [0.05, 0.1) is 11.7 Å². The van der Waals surface area contributed by atoms with E-state index in [1.54, 1.807) is 13.0 Å². The first-order valence-electron chi connectivity index (χ1n) is 6.05. The molecule has 0 aromatic carbocycles. The fourth-order valence-corrected chi connectivity index (χ4v) is 3.76. The molecule has 0 aliphatic heterocycles. The van der Waals surface area contributed by atoms with Crippen molar-refractivity contribution in [2.24, 2.45) is 0 Å². The number of hydrogen-bond donors (Lipinski definition) is 2. The molecule has 1 aliphatic rings. The van der Waals surface area contributed by atoms with Crippen LogP contribution >= 0.6 is 11.8 Å². The summed E-state index contributed by atoms with van der Waals surface area (Å²) in [6, 6.07) is 1.78. The molecule has 98 valence electrons. The van der Waals surface area contributed by atoms with Gasteiger partial charge in [-0.05, 0) is 44.7 Å². The van der Waals surface area contributed by atoms with Gasteiger partial charge in [-0.25, -0.2) is 9.78 Å². The third kappa shape index (κ3) is 2.67. The van der Waals surface area contributed by atoms with Crippen LogP contribution in [0, 0.1) is 13.8 Å². The highest BCUT2D eigenvalue weighted by atomic mass is 32.2. The molecule has 2 rings (SSSR count). The van der Waals surface area contributed by atoms with E-state index in [0.29, 0.717) is 5.03 Å². The second-order valence-corrected chi connectivity index (χ2v) is 5.95. The molecule has 4 nitrogen and oxygen atoms in total. The van der Waals surface area contributed by atoms with Gasteiger partial charge in [-0.3, -0.25) is 0 Å². The molecule has 0 saturated heterocycles. The molecule has 1 aromatic rings. The quantitative estimate of drug-likeness (QED) is 0.880. The molecule has 0 radical (unpaired) electrons. The van der Waals surface area contributed by atoms with Gasteiger partial charge < -0.3 is 10.2 Å². The summed E-state index contributed by atoms with van der Waals surface area (Å²) in [4.78, 5) is 15.6.